The molecule has 0 bridgehead atoms. The third-order valence-electron chi connectivity index (χ3n) is 6.21. The number of rotatable bonds is 3. The first kappa shape index (κ1) is 13.1. The molecule has 3 nitrogen and oxygen atoms in total. The van der Waals surface area contributed by atoms with Gasteiger partial charge in [-0.15, -0.1) is 0 Å². The molecule has 0 aromatic heterocycles. The number of nitrogens with zero attached hydrogens (tertiary/aromatic N) is 1. The first-order chi connectivity index (χ1) is 9.79. The molecule has 4 aliphatic rings. The SMILES string of the molecule is O=C1CCCCN1C1CCC(NC2C[C@@H]3C[C@@H]3C2)CC1. The molecular weight excluding hydrogens is 248 g/mol. The van der Waals surface area contributed by atoms with Crippen LogP contribution in [0.4, 0.5) is 0 Å². The average molecular weight is 276 g/mol. The van der Waals surface area contributed by atoms with Gasteiger partial charge in [-0.3, -0.25) is 4.79 Å². The van der Waals surface area contributed by atoms with E-state index in [0.29, 0.717) is 11.9 Å². The molecular formula is C17H28N2O. The Labute approximate surface area is 122 Å². The van der Waals surface area contributed by atoms with Gasteiger partial charge in [-0.25, -0.2) is 0 Å². The van der Waals surface area contributed by atoms with E-state index < -0.39 is 0 Å². The van der Waals surface area contributed by atoms with Crippen LogP contribution in [0.3, 0.4) is 0 Å². The fraction of sp³-hybridized carbons (Fsp3) is 0.941. The van der Waals surface area contributed by atoms with Crippen molar-refractivity contribution in [1.29, 1.82) is 0 Å². The predicted octanol–water partition coefficient (Wildman–Crippen LogP) is 2.70. The number of nitrogens with one attached hydrogen (secondary N) is 1. The Morgan fingerprint density at radius 3 is 2.35 bits per heavy atom. The van der Waals surface area contributed by atoms with Crippen molar-refractivity contribution in [2.24, 2.45) is 11.8 Å². The van der Waals surface area contributed by atoms with E-state index in [9.17, 15) is 4.79 Å². The molecule has 0 aromatic carbocycles. The molecule has 1 unspecified atom stereocenters. The smallest absolute Gasteiger partial charge is 0.222 e. The third-order valence-corrected chi connectivity index (χ3v) is 6.21. The summed E-state index contributed by atoms with van der Waals surface area (Å²) in [6.07, 6.45) is 12.5. The van der Waals surface area contributed by atoms with Gasteiger partial charge in [0.2, 0.25) is 5.91 Å². The Morgan fingerprint density at radius 1 is 0.900 bits per heavy atom. The van der Waals surface area contributed by atoms with E-state index >= 15 is 0 Å². The summed E-state index contributed by atoms with van der Waals surface area (Å²) in [6.45, 7) is 1.02. The number of hydrogen-bond acceptors (Lipinski definition) is 2. The molecule has 3 atom stereocenters. The highest BCUT2D eigenvalue weighted by Crippen LogP contribution is 2.51. The zero-order valence-corrected chi connectivity index (χ0v) is 12.5. The van der Waals surface area contributed by atoms with Crippen molar-refractivity contribution < 1.29 is 4.79 Å². The molecule has 3 heteroatoms. The van der Waals surface area contributed by atoms with Crippen molar-refractivity contribution in [2.45, 2.75) is 82.3 Å². The van der Waals surface area contributed by atoms with Crippen molar-refractivity contribution in [1.82, 2.24) is 10.2 Å². The molecule has 112 valence electrons. The number of carbonyl (C=O) groups excluding carboxylic acids is 1. The van der Waals surface area contributed by atoms with Gasteiger partial charge < -0.3 is 10.2 Å². The van der Waals surface area contributed by atoms with Gasteiger partial charge in [-0.05, 0) is 69.6 Å². The minimum absolute atomic E-state index is 0.420. The second-order valence-electron chi connectivity index (χ2n) is 7.64. The molecule has 1 N–H and O–H groups in total. The molecule has 0 radical (unpaired) electrons. The fourth-order valence-corrected chi connectivity index (χ4v) is 4.95. The van der Waals surface area contributed by atoms with Crippen molar-refractivity contribution in [3.8, 4) is 0 Å². The van der Waals surface area contributed by atoms with Gasteiger partial charge in [0.25, 0.3) is 0 Å². The molecule has 1 amide bonds. The molecule has 20 heavy (non-hydrogen) atoms. The molecule has 1 aliphatic heterocycles. The van der Waals surface area contributed by atoms with Crippen LogP contribution >= 0.6 is 0 Å². The van der Waals surface area contributed by atoms with Crippen LogP contribution in [0.25, 0.3) is 0 Å². The normalized spacial score (nSPS) is 44.5. The quantitative estimate of drug-likeness (QED) is 0.859. The van der Waals surface area contributed by atoms with Crippen LogP contribution in [-0.4, -0.2) is 35.5 Å². The van der Waals surface area contributed by atoms with Gasteiger partial charge in [-0.1, -0.05) is 0 Å². The van der Waals surface area contributed by atoms with Gasteiger partial charge in [0, 0.05) is 31.1 Å². The maximum absolute atomic E-state index is 12.0. The molecule has 4 rings (SSSR count). The topological polar surface area (TPSA) is 32.3 Å². The van der Waals surface area contributed by atoms with E-state index in [1.54, 1.807) is 0 Å². The van der Waals surface area contributed by atoms with Crippen LogP contribution in [0.1, 0.15) is 64.2 Å². The summed E-state index contributed by atoms with van der Waals surface area (Å²) in [7, 11) is 0. The highest BCUT2D eigenvalue weighted by molar-refractivity contribution is 5.77. The van der Waals surface area contributed by atoms with Gasteiger partial charge in [0.1, 0.15) is 0 Å². The lowest BCUT2D eigenvalue weighted by Gasteiger charge is -2.39. The van der Waals surface area contributed by atoms with Crippen molar-refractivity contribution >= 4 is 5.91 Å². The summed E-state index contributed by atoms with van der Waals surface area (Å²) in [6, 6.07) is 2.10. The fourth-order valence-electron chi connectivity index (χ4n) is 4.95. The molecule has 1 heterocycles. The minimum Gasteiger partial charge on any atom is -0.340 e. The van der Waals surface area contributed by atoms with Crippen LogP contribution < -0.4 is 5.32 Å². The summed E-state index contributed by atoms with van der Waals surface area (Å²) >= 11 is 0. The van der Waals surface area contributed by atoms with Gasteiger partial charge in [0.05, 0.1) is 0 Å². The monoisotopic (exact) mass is 276 g/mol. The molecule has 3 saturated carbocycles. The van der Waals surface area contributed by atoms with Crippen LogP contribution in [0.15, 0.2) is 0 Å². The van der Waals surface area contributed by atoms with E-state index in [0.717, 1.165) is 43.3 Å². The summed E-state index contributed by atoms with van der Waals surface area (Å²) in [5, 5.41) is 3.91. The maximum atomic E-state index is 12.0. The van der Waals surface area contributed by atoms with E-state index in [2.05, 4.69) is 10.2 Å². The second kappa shape index (κ2) is 5.32. The lowest BCUT2D eigenvalue weighted by Crippen LogP contribution is -2.48. The standard InChI is InChI=1S/C17H28N2O/c20-17-3-1-2-8-19(17)16-6-4-14(5-7-16)18-15-10-12-9-13(12)11-15/h12-16,18H,1-11H2/t12-,13+,14?,15?,16?. The first-order valence-electron chi connectivity index (χ1n) is 8.85. The summed E-state index contributed by atoms with van der Waals surface area (Å²) < 4.78 is 0. The highest BCUT2D eigenvalue weighted by Gasteiger charge is 2.46. The predicted molar refractivity (Wildman–Crippen MR) is 79.4 cm³/mol. The zero-order chi connectivity index (χ0) is 13.5. The summed E-state index contributed by atoms with van der Waals surface area (Å²) in [5.41, 5.74) is 0. The third kappa shape index (κ3) is 2.61. The van der Waals surface area contributed by atoms with Crippen LogP contribution in [0, 0.1) is 11.8 Å². The Kier molecular flexibility index (Phi) is 3.49. The average Bonchev–Trinajstić information content (AvgIpc) is 3.08. The Hall–Kier alpha value is -0.570. The minimum atomic E-state index is 0.420. The molecule has 3 aliphatic carbocycles. The molecule has 1 saturated heterocycles. The number of likely N-dealkylation sites (tertiary alicyclic amines) is 1. The Bertz CT molecular complexity index is 365. The summed E-state index contributed by atoms with van der Waals surface area (Å²) in [5.74, 6) is 2.58. The molecule has 4 fully saturated rings. The van der Waals surface area contributed by atoms with Crippen LogP contribution in [0.5, 0.6) is 0 Å². The van der Waals surface area contributed by atoms with Gasteiger partial charge >= 0.3 is 0 Å². The van der Waals surface area contributed by atoms with E-state index in [-0.39, 0.29) is 0 Å². The Morgan fingerprint density at radius 2 is 1.65 bits per heavy atom. The van der Waals surface area contributed by atoms with E-state index in [1.807, 2.05) is 0 Å². The van der Waals surface area contributed by atoms with Gasteiger partial charge in [0.15, 0.2) is 0 Å². The van der Waals surface area contributed by atoms with Crippen molar-refractivity contribution in [2.75, 3.05) is 6.54 Å². The van der Waals surface area contributed by atoms with Crippen LogP contribution in [-0.2, 0) is 4.79 Å². The number of piperidine rings is 1. The highest BCUT2D eigenvalue weighted by atomic mass is 16.2. The Balaban J connectivity index is 1.24. The number of fused-ring (bicyclic) bond motifs is 1. The van der Waals surface area contributed by atoms with Gasteiger partial charge in [-0.2, -0.15) is 0 Å². The number of carbonyl (C=O) groups is 1. The van der Waals surface area contributed by atoms with E-state index in [4.69, 9.17) is 0 Å². The van der Waals surface area contributed by atoms with E-state index in [1.165, 1.54) is 51.4 Å². The molecule has 0 spiro atoms. The first-order valence-corrected chi connectivity index (χ1v) is 8.85. The largest absolute Gasteiger partial charge is 0.340 e. The number of hydrogen-bond donors (Lipinski definition) is 1. The van der Waals surface area contributed by atoms with Crippen molar-refractivity contribution in [3.05, 3.63) is 0 Å². The second-order valence-corrected chi connectivity index (χ2v) is 7.64. The van der Waals surface area contributed by atoms with Crippen molar-refractivity contribution in [3.63, 3.8) is 0 Å². The number of amides is 1. The lowest BCUT2D eigenvalue weighted by molar-refractivity contribution is -0.136. The summed E-state index contributed by atoms with van der Waals surface area (Å²) in [4.78, 5) is 14.2. The lowest BCUT2D eigenvalue weighted by atomic mass is 9.88. The van der Waals surface area contributed by atoms with Crippen LogP contribution in [0.2, 0.25) is 0 Å². The maximum Gasteiger partial charge on any atom is 0.222 e. The molecule has 0 aromatic rings. The zero-order valence-electron chi connectivity index (χ0n) is 12.5.